The summed E-state index contributed by atoms with van der Waals surface area (Å²) in [6.45, 7) is 0. The first-order chi connectivity index (χ1) is 11.7. The van der Waals surface area contributed by atoms with Crippen LogP contribution in [-0.4, -0.2) is 10.2 Å². The molecule has 1 heterocycles. The Bertz CT molecular complexity index is 926. The molecule has 0 unspecified atom stereocenters. The van der Waals surface area contributed by atoms with Gasteiger partial charge in [-0.15, -0.1) is 10.2 Å². The van der Waals surface area contributed by atoms with Crippen LogP contribution in [0, 0.1) is 11.6 Å². The van der Waals surface area contributed by atoms with E-state index >= 15 is 0 Å². The number of aromatic nitrogens is 2. The first-order valence-electron chi connectivity index (χ1n) is 7.50. The first-order valence-corrected chi connectivity index (χ1v) is 7.50. The number of benzene rings is 3. The Morgan fingerprint density at radius 1 is 0.500 bits per heavy atom. The summed E-state index contributed by atoms with van der Waals surface area (Å²) >= 11 is 0. The SMILES string of the molecule is Fc1ccc(-c2nnc(-c3ccc(F)cc3)c3ccccc23)cc1. The van der Waals surface area contributed by atoms with Gasteiger partial charge in [0.2, 0.25) is 0 Å². The van der Waals surface area contributed by atoms with E-state index in [9.17, 15) is 8.78 Å². The highest BCUT2D eigenvalue weighted by Gasteiger charge is 2.12. The fourth-order valence-corrected chi connectivity index (χ4v) is 2.75. The Hall–Kier alpha value is -3.14. The number of nitrogens with zero attached hydrogens (tertiary/aromatic N) is 2. The maximum atomic E-state index is 13.2. The second-order valence-electron chi connectivity index (χ2n) is 5.46. The van der Waals surface area contributed by atoms with Crippen molar-refractivity contribution in [1.29, 1.82) is 0 Å². The molecule has 1 aromatic heterocycles. The van der Waals surface area contributed by atoms with Crippen LogP contribution in [0.15, 0.2) is 72.8 Å². The van der Waals surface area contributed by atoms with Gasteiger partial charge >= 0.3 is 0 Å². The van der Waals surface area contributed by atoms with Crippen LogP contribution in [-0.2, 0) is 0 Å². The molecular weight excluding hydrogens is 306 g/mol. The quantitative estimate of drug-likeness (QED) is 0.505. The largest absolute Gasteiger partial charge is 0.207 e. The Morgan fingerprint density at radius 3 is 1.25 bits per heavy atom. The summed E-state index contributed by atoms with van der Waals surface area (Å²) in [4.78, 5) is 0. The molecule has 0 radical (unpaired) electrons. The van der Waals surface area contributed by atoms with Crippen molar-refractivity contribution >= 4 is 10.8 Å². The molecule has 0 spiro atoms. The van der Waals surface area contributed by atoms with Gasteiger partial charge in [0.15, 0.2) is 0 Å². The summed E-state index contributed by atoms with van der Waals surface area (Å²) in [5, 5.41) is 10.5. The summed E-state index contributed by atoms with van der Waals surface area (Å²) in [5.74, 6) is -0.585. The average molecular weight is 318 g/mol. The van der Waals surface area contributed by atoms with Crippen LogP contribution in [0.3, 0.4) is 0 Å². The molecule has 0 aliphatic carbocycles. The number of fused-ring (bicyclic) bond motifs is 1. The molecule has 0 aliphatic rings. The highest BCUT2D eigenvalue weighted by Crippen LogP contribution is 2.32. The minimum absolute atomic E-state index is 0.293. The monoisotopic (exact) mass is 318 g/mol. The zero-order valence-corrected chi connectivity index (χ0v) is 12.6. The molecule has 24 heavy (non-hydrogen) atoms. The maximum absolute atomic E-state index is 13.2. The van der Waals surface area contributed by atoms with Gasteiger partial charge in [-0.25, -0.2) is 8.78 Å². The molecular formula is C20H12F2N2. The van der Waals surface area contributed by atoms with Gasteiger partial charge in [0.1, 0.15) is 23.0 Å². The molecule has 0 N–H and O–H groups in total. The third kappa shape index (κ3) is 2.52. The molecule has 0 bridgehead atoms. The second-order valence-corrected chi connectivity index (χ2v) is 5.46. The van der Waals surface area contributed by atoms with Crippen LogP contribution >= 0.6 is 0 Å². The predicted molar refractivity (Wildman–Crippen MR) is 90.3 cm³/mol. The van der Waals surface area contributed by atoms with E-state index in [1.54, 1.807) is 24.3 Å². The van der Waals surface area contributed by atoms with Gasteiger partial charge < -0.3 is 0 Å². The molecule has 3 aromatic carbocycles. The molecule has 4 heteroatoms. The number of rotatable bonds is 2. The van der Waals surface area contributed by atoms with Crippen molar-refractivity contribution in [2.24, 2.45) is 0 Å². The summed E-state index contributed by atoms with van der Waals surface area (Å²) in [5.41, 5.74) is 2.98. The van der Waals surface area contributed by atoms with E-state index in [0.29, 0.717) is 11.4 Å². The summed E-state index contributed by atoms with van der Waals surface area (Å²) in [7, 11) is 0. The van der Waals surface area contributed by atoms with Crippen molar-refractivity contribution in [3.05, 3.63) is 84.4 Å². The zero-order valence-electron chi connectivity index (χ0n) is 12.6. The molecule has 0 aliphatic heterocycles. The fraction of sp³-hybridized carbons (Fsp3) is 0. The minimum Gasteiger partial charge on any atom is -0.207 e. The topological polar surface area (TPSA) is 25.8 Å². The van der Waals surface area contributed by atoms with Gasteiger partial charge in [0.05, 0.1) is 0 Å². The van der Waals surface area contributed by atoms with E-state index in [1.807, 2.05) is 24.3 Å². The lowest BCUT2D eigenvalue weighted by molar-refractivity contribution is 0.627. The van der Waals surface area contributed by atoms with Gasteiger partial charge in [-0.1, -0.05) is 24.3 Å². The summed E-state index contributed by atoms with van der Waals surface area (Å²) < 4.78 is 26.3. The minimum atomic E-state index is -0.293. The van der Waals surface area contributed by atoms with Crippen molar-refractivity contribution < 1.29 is 8.78 Å². The van der Waals surface area contributed by atoms with Crippen molar-refractivity contribution in [2.45, 2.75) is 0 Å². The molecule has 4 rings (SSSR count). The smallest absolute Gasteiger partial charge is 0.123 e. The van der Waals surface area contributed by atoms with Gasteiger partial charge in [0.25, 0.3) is 0 Å². The first kappa shape index (κ1) is 14.5. The molecule has 116 valence electrons. The molecule has 0 atom stereocenters. The van der Waals surface area contributed by atoms with E-state index < -0.39 is 0 Å². The molecule has 2 nitrogen and oxygen atoms in total. The zero-order chi connectivity index (χ0) is 16.5. The predicted octanol–water partition coefficient (Wildman–Crippen LogP) is 5.24. The standard InChI is InChI=1S/C20H12F2N2/c21-15-9-5-13(6-10-15)19-17-3-1-2-4-18(17)20(24-23-19)14-7-11-16(22)12-8-14/h1-12H. The van der Waals surface area contributed by atoms with Gasteiger partial charge in [-0.2, -0.15) is 0 Å². The summed E-state index contributed by atoms with van der Waals surface area (Å²) in [6, 6.07) is 20.1. The van der Waals surface area contributed by atoms with Crippen molar-refractivity contribution in [1.82, 2.24) is 10.2 Å². The van der Waals surface area contributed by atoms with Gasteiger partial charge in [-0.3, -0.25) is 0 Å². The third-order valence-electron chi connectivity index (χ3n) is 3.92. The van der Waals surface area contributed by atoms with E-state index in [2.05, 4.69) is 10.2 Å². The third-order valence-corrected chi connectivity index (χ3v) is 3.92. The fourth-order valence-electron chi connectivity index (χ4n) is 2.75. The normalized spacial score (nSPS) is 10.9. The Morgan fingerprint density at radius 2 is 0.875 bits per heavy atom. The Kier molecular flexibility index (Phi) is 3.50. The molecule has 0 saturated heterocycles. The van der Waals surface area contributed by atoms with Crippen LogP contribution in [0.5, 0.6) is 0 Å². The van der Waals surface area contributed by atoms with Crippen LogP contribution in [0.25, 0.3) is 33.3 Å². The molecule has 4 aromatic rings. The number of halogens is 2. The van der Waals surface area contributed by atoms with Crippen LogP contribution in [0.4, 0.5) is 8.78 Å². The Labute approximate surface area is 137 Å². The van der Waals surface area contributed by atoms with Crippen LogP contribution in [0.1, 0.15) is 0 Å². The number of hydrogen-bond acceptors (Lipinski definition) is 2. The molecule has 0 amide bonds. The lowest BCUT2D eigenvalue weighted by Crippen LogP contribution is -1.95. The van der Waals surface area contributed by atoms with E-state index in [-0.39, 0.29) is 11.6 Å². The van der Waals surface area contributed by atoms with Crippen molar-refractivity contribution in [2.75, 3.05) is 0 Å². The lowest BCUT2D eigenvalue weighted by Gasteiger charge is -2.09. The average Bonchev–Trinajstić information content (AvgIpc) is 2.62. The second kappa shape index (κ2) is 5.81. The highest BCUT2D eigenvalue weighted by molar-refractivity contribution is 6.01. The van der Waals surface area contributed by atoms with E-state index in [4.69, 9.17) is 0 Å². The molecule has 0 fully saturated rings. The van der Waals surface area contributed by atoms with Gasteiger partial charge in [0, 0.05) is 21.9 Å². The van der Waals surface area contributed by atoms with Crippen LogP contribution in [0.2, 0.25) is 0 Å². The lowest BCUT2D eigenvalue weighted by atomic mass is 10.0. The van der Waals surface area contributed by atoms with E-state index in [0.717, 1.165) is 21.9 Å². The highest BCUT2D eigenvalue weighted by atomic mass is 19.1. The van der Waals surface area contributed by atoms with E-state index in [1.165, 1.54) is 24.3 Å². The van der Waals surface area contributed by atoms with Crippen molar-refractivity contribution in [3.63, 3.8) is 0 Å². The van der Waals surface area contributed by atoms with Crippen LogP contribution < -0.4 is 0 Å². The van der Waals surface area contributed by atoms with Crippen molar-refractivity contribution in [3.8, 4) is 22.5 Å². The maximum Gasteiger partial charge on any atom is 0.123 e. The molecule has 0 saturated carbocycles. The summed E-state index contributed by atoms with van der Waals surface area (Å²) in [6.07, 6.45) is 0. The van der Waals surface area contributed by atoms with Gasteiger partial charge in [-0.05, 0) is 48.5 Å². The number of hydrogen-bond donors (Lipinski definition) is 0. The Balaban J connectivity index is 1.95.